The van der Waals surface area contributed by atoms with E-state index in [4.69, 9.17) is 10.5 Å². The van der Waals surface area contributed by atoms with Crippen LogP contribution in [0.3, 0.4) is 0 Å². The molecular weight excluding hydrogens is 504 g/mol. The van der Waals surface area contributed by atoms with Crippen LogP contribution in [0, 0.1) is 11.6 Å². The third kappa shape index (κ3) is 5.36. The molecule has 4 N–H and O–H groups in total. The molecule has 0 radical (unpaired) electrons. The Morgan fingerprint density at radius 2 is 1.89 bits per heavy atom. The van der Waals surface area contributed by atoms with Crippen LogP contribution < -0.4 is 11.1 Å². The Labute approximate surface area is 213 Å². The van der Waals surface area contributed by atoms with E-state index in [0.29, 0.717) is 53.9 Å². The number of halogens is 2. The lowest BCUT2D eigenvalue weighted by Gasteiger charge is -2.26. The van der Waals surface area contributed by atoms with E-state index < -0.39 is 26.6 Å². The van der Waals surface area contributed by atoms with Crippen LogP contribution in [0.15, 0.2) is 41.3 Å². The number of anilines is 2. The minimum atomic E-state index is -4.16. The molecule has 3 heterocycles. The van der Waals surface area contributed by atoms with E-state index in [2.05, 4.69) is 15.5 Å². The first-order chi connectivity index (χ1) is 17.7. The largest absolute Gasteiger partial charge is 0.399 e. The Balaban J connectivity index is 1.37. The SMILES string of the molecule is Nc1ccc(C(=O)Cc2n[nH]c3c2CN(S(=O)(=O)c2cc(F)cc(F)c2)CC3)c(NC2CCOCC2)c1. The summed E-state index contributed by atoms with van der Waals surface area (Å²) >= 11 is 0. The van der Waals surface area contributed by atoms with Crippen molar-refractivity contribution in [3.05, 3.63) is 70.5 Å². The molecule has 37 heavy (non-hydrogen) atoms. The monoisotopic (exact) mass is 531 g/mol. The van der Waals surface area contributed by atoms with Gasteiger partial charge in [-0.25, -0.2) is 17.2 Å². The summed E-state index contributed by atoms with van der Waals surface area (Å²) in [5, 5.41) is 10.6. The Bertz CT molecular complexity index is 1420. The Kier molecular flexibility index (Phi) is 6.97. The number of carbonyl (C=O) groups excluding carboxylic acids is 1. The number of ketones is 1. The van der Waals surface area contributed by atoms with Gasteiger partial charge in [0.1, 0.15) is 11.6 Å². The summed E-state index contributed by atoms with van der Waals surface area (Å²) in [5.74, 6) is -2.14. The third-order valence-electron chi connectivity index (χ3n) is 6.71. The van der Waals surface area contributed by atoms with Crippen LogP contribution in [0.5, 0.6) is 0 Å². The number of fused-ring (bicyclic) bond motifs is 1. The van der Waals surface area contributed by atoms with E-state index in [9.17, 15) is 22.0 Å². The number of H-pyrrole nitrogens is 1. The smallest absolute Gasteiger partial charge is 0.243 e. The summed E-state index contributed by atoms with van der Waals surface area (Å²) in [5.41, 5.74) is 9.36. The summed E-state index contributed by atoms with van der Waals surface area (Å²) in [6, 6.07) is 7.43. The van der Waals surface area contributed by atoms with Gasteiger partial charge < -0.3 is 15.8 Å². The fourth-order valence-corrected chi connectivity index (χ4v) is 6.19. The van der Waals surface area contributed by atoms with Crippen molar-refractivity contribution in [3.63, 3.8) is 0 Å². The molecule has 196 valence electrons. The summed E-state index contributed by atoms with van der Waals surface area (Å²) in [6.07, 6.45) is 1.90. The summed E-state index contributed by atoms with van der Waals surface area (Å²) < 4.78 is 60.2. The quantitative estimate of drug-likeness (QED) is 0.316. The molecule has 1 aromatic heterocycles. The first kappa shape index (κ1) is 25.3. The van der Waals surface area contributed by atoms with Crippen molar-refractivity contribution in [1.29, 1.82) is 0 Å². The van der Waals surface area contributed by atoms with E-state index in [-0.39, 0.29) is 31.3 Å². The highest BCUT2D eigenvalue weighted by atomic mass is 32.2. The predicted octanol–water partition coefficient (Wildman–Crippen LogP) is 3.03. The van der Waals surface area contributed by atoms with Crippen LogP contribution in [-0.2, 0) is 34.1 Å². The van der Waals surface area contributed by atoms with Crippen molar-refractivity contribution in [3.8, 4) is 0 Å². The molecule has 0 atom stereocenters. The number of aromatic nitrogens is 2. The molecule has 0 unspecified atom stereocenters. The van der Waals surface area contributed by atoms with E-state index in [1.807, 2.05) is 0 Å². The molecule has 0 spiro atoms. The van der Waals surface area contributed by atoms with Gasteiger partial charge in [0.2, 0.25) is 10.0 Å². The minimum absolute atomic E-state index is 0.0549. The zero-order valence-corrected chi connectivity index (χ0v) is 20.8. The van der Waals surface area contributed by atoms with Crippen LogP contribution in [-0.4, -0.2) is 54.5 Å². The van der Waals surface area contributed by atoms with Crippen LogP contribution >= 0.6 is 0 Å². The van der Waals surface area contributed by atoms with Crippen molar-refractivity contribution in [2.45, 2.75) is 43.2 Å². The number of rotatable bonds is 7. The van der Waals surface area contributed by atoms with Crippen molar-refractivity contribution in [2.75, 3.05) is 30.8 Å². The number of Topliss-reactive ketones (excluding diaryl/α,β-unsaturated/α-hetero) is 1. The van der Waals surface area contributed by atoms with E-state index in [0.717, 1.165) is 35.0 Å². The number of benzene rings is 2. The molecule has 2 aliphatic rings. The topological polar surface area (TPSA) is 130 Å². The molecule has 0 aliphatic carbocycles. The molecular formula is C25H27F2N5O4S. The van der Waals surface area contributed by atoms with Gasteiger partial charge in [0, 0.05) is 73.0 Å². The molecule has 2 aliphatic heterocycles. The Morgan fingerprint density at radius 1 is 1.16 bits per heavy atom. The molecule has 1 fully saturated rings. The van der Waals surface area contributed by atoms with Gasteiger partial charge in [-0.05, 0) is 43.2 Å². The molecule has 0 amide bonds. The second-order valence-corrected chi connectivity index (χ2v) is 11.2. The lowest BCUT2D eigenvalue weighted by molar-refractivity contribution is 0.0904. The number of sulfonamides is 1. The number of hydrogen-bond donors (Lipinski definition) is 3. The zero-order chi connectivity index (χ0) is 26.2. The normalized spacial score (nSPS) is 16.9. The molecule has 12 heteroatoms. The van der Waals surface area contributed by atoms with Gasteiger partial charge in [-0.1, -0.05) is 0 Å². The zero-order valence-electron chi connectivity index (χ0n) is 20.0. The Morgan fingerprint density at radius 3 is 2.62 bits per heavy atom. The van der Waals surface area contributed by atoms with Crippen molar-refractivity contribution < 1.29 is 26.7 Å². The second-order valence-electron chi connectivity index (χ2n) is 9.26. The third-order valence-corrected chi connectivity index (χ3v) is 8.53. The maximum absolute atomic E-state index is 13.7. The van der Waals surface area contributed by atoms with E-state index in [1.165, 1.54) is 0 Å². The maximum Gasteiger partial charge on any atom is 0.243 e. The summed E-state index contributed by atoms with van der Waals surface area (Å²) in [6.45, 7) is 1.33. The summed E-state index contributed by atoms with van der Waals surface area (Å²) in [4.78, 5) is 12.9. The number of nitrogen functional groups attached to an aromatic ring is 1. The molecule has 5 rings (SSSR count). The van der Waals surface area contributed by atoms with Gasteiger partial charge in [0.05, 0.1) is 17.0 Å². The van der Waals surface area contributed by atoms with Gasteiger partial charge >= 0.3 is 0 Å². The maximum atomic E-state index is 13.7. The lowest BCUT2D eigenvalue weighted by atomic mass is 9.99. The number of nitrogens with zero attached hydrogens (tertiary/aromatic N) is 2. The molecule has 0 saturated carbocycles. The first-order valence-electron chi connectivity index (χ1n) is 12.0. The van der Waals surface area contributed by atoms with Gasteiger partial charge in [0.25, 0.3) is 0 Å². The molecule has 0 bridgehead atoms. The fourth-order valence-electron chi connectivity index (χ4n) is 4.74. The van der Waals surface area contributed by atoms with Gasteiger partial charge in [-0.15, -0.1) is 0 Å². The minimum Gasteiger partial charge on any atom is -0.399 e. The van der Waals surface area contributed by atoms with Gasteiger partial charge in [-0.3, -0.25) is 9.89 Å². The average molecular weight is 532 g/mol. The Hall–Kier alpha value is -3.35. The van der Waals surface area contributed by atoms with Crippen molar-refractivity contribution >= 4 is 27.2 Å². The van der Waals surface area contributed by atoms with Crippen LogP contribution in [0.2, 0.25) is 0 Å². The van der Waals surface area contributed by atoms with Gasteiger partial charge in [-0.2, -0.15) is 9.40 Å². The number of aromatic amines is 1. The lowest BCUT2D eigenvalue weighted by Crippen LogP contribution is -2.36. The summed E-state index contributed by atoms with van der Waals surface area (Å²) in [7, 11) is -4.16. The van der Waals surface area contributed by atoms with Crippen LogP contribution in [0.4, 0.5) is 20.2 Å². The fraction of sp³-hybridized carbons (Fsp3) is 0.360. The number of carbonyl (C=O) groups is 1. The standard InChI is InChI=1S/C25H27F2N5O4S/c26-15-9-16(27)11-19(10-15)37(34,35)32-6-3-22-21(14-32)24(31-30-22)13-25(33)20-2-1-17(28)12-23(20)29-18-4-7-36-8-5-18/h1-2,9-12,18,29H,3-8,13-14,28H2,(H,30,31). The first-order valence-corrected chi connectivity index (χ1v) is 13.4. The second kappa shape index (κ2) is 10.2. The van der Waals surface area contributed by atoms with E-state index in [1.54, 1.807) is 18.2 Å². The van der Waals surface area contributed by atoms with Crippen molar-refractivity contribution in [2.24, 2.45) is 0 Å². The van der Waals surface area contributed by atoms with Crippen LogP contribution in [0.1, 0.15) is 40.2 Å². The average Bonchev–Trinajstić information content (AvgIpc) is 3.26. The number of nitrogens with two attached hydrogens (primary N) is 1. The van der Waals surface area contributed by atoms with Crippen molar-refractivity contribution in [1.82, 2.24) is 14.5 Å². The molecule has 9 nitrogen and oxygen atoms in total. The highest BCUT2D eigenvalue weighted by Gasteiger charge is 2.32. The number of hydrogen-bond acceptors (Lipinski definition) is 7. The molecule has 3 aromatic rings. The highest BCUT2D eigenvalue weighted by molar-refractivity contribution is 7.89. The van der Waals surface area contributed by atoms with Crippen LogP contribution in [0.25, 0.3) is 0 Å². The van der Waals surface area contributed by atoms with E-state index >= 15 is 0 Å². The number of ether oxygens (including phenoxy) is 1. The molecule has 1 saturated heterocycles. The highest BCUT2D eigenvalue weighted by Crippen LogP contribution is 2.29. The van der Waals surface area contributed by atoms with Gasteiger partial charge in [0.15, 0.2) is 5.78 Å². The predicted molar refractivity (Wildman–Crippen MR) is 133 cm³/mol. The number of nitrogens with one attached hydrogen (secondary N) is 2. The molecule has 2 aromatic carbocycles.